The Morgan fingerprint density at radius 3 is 2.88 bits per heavy atom. The molecule has 1 atom stereocenters. The van der Waals surface area contributed by atoms with Crippen molar-refractivity contribution in [2.75, 3.05) is 26.7 Å². The molecule has 0 aromatic heterocycles. The Kier molecular flexibility index (Phi) is 7.71. The molecule has 0 spiro atoms. The van der Waals surface area contributed by atoms with E-state index in [0.29, 0.717) is 29.1 Å². The van der Waals surface area contributed by atoms with E-state index in [-0.39, 0.29) is 12.3 Å². The number of likely N-dealkylation sites (tertiary alicyclic amines) is 1. The number of benzene rings is 1. The highest BCUT2D eigenvalue weighted by atomic mass is 35.5. The monoisotopic (exact) mass is 374 g/mol. The zero-order valence-corrected chi connectivity index (χ0v) is 15.3. The number of aliphatic imine (C=N–C) groups is 1. The van der Waals surface area contributed by atoms with Gasteiger partial charge in [-0.3, -0.25) is 0 Å². The van der Waals surface area contributed by atoms with Crippen LogP contribution in [-0.4, -0.2) is 50.2 Å². The number of hydrogen-bond acceptors (Lipinski definition) is 3. The van der Waals surface area contributed by atoms with Gasteiger partial charge in [0.2, 0.25) is 0 Å². The van der Waals surface area contributed by atoms with E-state index in [4.69, 9.17) is 11.6 Å². The van der Waals surface area contributed by atoms with Crippen molar-refractivity contribution in [1.82, 2.24) is 15.5 Å². The molecule has 0 bridgehead atoms. The van der Waals surface area contributed by atoms with Crippen LogP contribution in [0.3, 0.4) is 0 Å². The van der Waals surface area contributed by atoms with Crippen molar-refractivity contribution >= 4 is 17.6 Å². The fourth-order valence-corrected chi connectivity index (χ4v) is 3.03. The van der Waals surface area contributed by atoms with Crippen LogP contribution in [0.4, 0.5) is 8.78 Å². The zero-order valence-electron chi connectivity index (χ0n) is 14.6. The first-order chi connectivity index (χ1) is 12.0. The predicted molar refractivity (Wildman–Crippen MR) is 96.6 cm³/mol. The van der Waals surface area contributed by atoms with Gasteiger partial charge in [-0.1, -0.05) is 11.6 Å². The average Bonchev–Trinajstić information content (AvgIpc) is 2.97. The van der Waals surface area contributed by atoms with E-state index < -0.39 is 6.61 Å². The van der Waals surface area contributed by atoms with Crippen molar-refractivity contribution < 1.29 is 13.5 Å². The Morgan fingerprint density at radius 1 is 1.44 bits per heavy atom. The van der Waals surface area contributed by atoms with Gasteiger partial charge in [0.25, 0.3) is 0 Å². The van der Waals surface area contributed by atoms with Gasteiger partial charge in [0.1, 0.15) is 5.75 Å². The molecule has 140 valence electrons. The van der Waals surface area contributed by atoms with Gasteiger partial charge in [-0.25, -0.2) is 4.99 Å². The number of alkyl halides is 2. The lowest BCUT2D eigenvalue weighted by atomic mass is 10.2. The summed E-state index contributed by atoms with van der Waals surface area (Å²) in [7, 11) is 2.11. The van der Waals surface area contributed by atoms with E-state index in [9.17, 15) is 8.78 Å². The molecule has 1 aromatic carbocycles. The Hall–Kier alpha value is -1.60. The van der Waals surface area contributed by atoms with Crippen molar-refractivity contribution in [3.63, 3.8) is 0 Å². The molecule has 1 unspecified atom stereocenters. The van der Waals surface area contributed by atoms with E-state index in [1.165, 1.54) is 18.6 Å². The van der Waals surface area contributed by atoms with Crippen molar-refractivity contribution in [3.8, 4) is 5.75 Å². The quantitative estimate of drug-likeness (QED) is 0.569. The molecule has 1 saturated heterocycles. The van der Waals surface area contributed by atoms with Gasteiger partial charge in [-0.05, 0) is 51.6 Å². The van der Waals surface area contributed by atoms with Crippen LogP contribution >= 0.6 is 11.6 Å². The Balaban J connectivity index is 2.03. The molecule has 0 aliphatic carbocycles. The highest BCUT2D eigenvalue weighted by Gasteiger charge is 2.20. The molecular formula is C17H25ClF2N4O. The molecule has 1 heterocycles. The number of nitrogens with one attached hydrogen (secondary N) is 2. The van der Waals surface area contributed by atoms with Crippen molar-refractivity contribution in [2.45, 2.75) is 39.0 Å². The molecule has 5 nitrogen and oxygen atoms in total. The predicted octanol–water partition coefficient (Wildman–Crippen LogP) is 3.09. The van der Waals surface area contributed by atoms with Gasteiger partial charge in [-0.2, -0.15) is 8.78 Å². The van der Waals surface area contributed by atoms with Crippen LogP contribution in [0.5, 0.6) is 5.75 Å². The topological polar surface area (TPSA) is 48.9 Å². The first kappa shape index (κ1) is 19.7. The van der Waals surface area contributed by atoms with Crippen LogP contribution in [0.15, 0.2) is 23.2 Å². The maximum Gasteiger partial charge on any atom is 0.387 e. The van der Waals surface area contributed by atoms with E-state index >= 15 is 0 Å². The van der Waals surface area contributed by atoms with Crippen LogP contribution in [0.2, 0.25) is 5.02 Å². The minimum Gasteiger partial charge on any atom is -0.434 e. The maximum absolute atomic E-state index is 12.5. The molecule has 8 heteroatoms. The molecule has 0 amide bonds. The number of ether oxygens (including phenoxy) is 1. The number of guanidine groups is 1. The SMILES string of the molecule is CCNC(=NCc1cc(Cl)ccc1OC(F)F)NCC1CCCN1C. The van der Waals surface area contributed by atoms with Crippen molar-refractivity contribution in [3.05, 3.63) is 28.8 Å². The summed E-state index contributed by atoms with van der Waals surface area (Å²) in [6.07, 6.45) is 2.36. The summed E-state index contributed by atoms with van der Waals surface area (Å²) in [4.78, 5) is 6.79. The van der Waals surface area contributed by atoms with Gasteiger partial charge in [0.05, 0.1) is 6.54 Å². The average molecular weight is 375 g/mol. The van der Waals surface area contributed by atoms with E-state index in [1.54, 1.807) is 6.07 Å². The molecule has 2 N–H and O–H groups in total. The smallest absolute Gasteiger partial charge is 0.387 e. The fourth-order valence-electron chi connectivity index (χ4n) is 2.84. The van der Waals surface area contributed by atoms with Gasteiger partial charge in [0.15, 0.2) is 5.96 Å². The zero-order chi connectivity index (χ0) is 18.2. The van der Waals surface area contributed by atoms with Crippen molar-refractivity contribution in [1.29, 1.82) is 0 Å². The van der Waals surface area contributed by atoms with Crippen LogP contribution in [0.25, 0.3) is 0 Å². The number of halogens is 3. The van der Waals surface area contributed by atoms with Crippen LogP contribution in [0, 0.1) is 0 Å². The third kappa shape index (κ3) is 6.32. The van der Waals surface area contributed by atoms with Gasteiger partial charge in [0, 0.05) is 29.7 Å². The second kappa shape index (κ2) is 9.77. The number of hydrogen-bond donors (Lipinski definition) is 2. The minimum atomic E-state index is -2.88. The molecule has 2 rings (SSSR count). The number of nitrogens with zero attached hydrogens (tertiary/aromatic N) is 2. The first-order valence-electron chi connectivity index (χ1n) is 8.45. The van der Waals surface area contributed by atoms with Gasteiger partial charge < -0.3 is 20.3 Å². The Labute approximate surface area is 152 Å². The molecule has 1 aliphatic rings. The molecule has 1 aromatic rings. The Bertz CT molecular complexity index is 586. The molecular weight excluding hydrogens is 350 g/mol. The van der Waals surface area contributed by atoms with Crippen LogP contribution < -0.4 is 15.4 Å². The van der Waals surface area contributed by atoms with Gasteiger partial charge >= 0.3 is 6.61 Å². The number of rotatable bonds is 7. The molecule has 25 heavy (non-hydrogen) atoms. The summed E-state index contributed by atoms with van der Waals surface area (Å²) >= 11 is 5.96. The fraction of sp³-hybridized carbons (Fsp3) is 0.588. The lowest BCUT2D eigenvalue weighted by Gasteiger charge is -2.21. The lowest BCUT2D eigenvalue weighted by Crippen LogP contribution is -2.44. The van der Waals surface area contributed by atoms with Crippen LogP contribution in [-0.2, 0) is 6.54 Å². The van der Waals surface area contributed by atoms with E-state index in [0.717, 1.165) is 19.5 Å². The lowest BCUT2D eigenvalue weighted by molar-refractivity contribution is -0.0504. The minimum absolute atomic E-state index is 0.0922. The summed E-state index contributed by atoms with van der Waals surface area (Å²) in [5, 5.41) is 6.93. The first-order valence-corrected chi connectivity index (χ1v) is 8.83. The second-order valence-electron chi connectivity index (χ2n) is 5.98. The molecule has 1 fully saturated rings. The number of likely N-dealkylation sites (N-methyl/N-ethyl adjacent to an activating group) is 1. The summed E-state index contributed by atoms with van der Waals surface area (Å²) in [6, 6.07) is 5.03. The largest absolute Gasteiger partial charge is 0.434 e. The third-order valence-corrected chi connectivity index (χ3v) is 4.40. The van der Waals surface area contributed by atoms with Crippen LogP contribution in [0.1, 0.15) is 25.3 Å². The van der Waals surface area contributed by atoms with E-state index in [1.807, 2.05) is 6.92 Å². The molecule has 0 saturated carbocycles. The molecule has 1 aliphatic heterocycles. The van der Waals surface area contributed by atoms with E-state index in [2.05, 4.69) is 32.3 Å². The maximum atomic E-state index is 12.5. The van der Waals surface area contributed by atoms with Crippen molar-refractivity contribution in [2.24, 2.45) is 4.99 Å². The summed E-state index contributed by atoms with van der Waals surface area (Å²) in [5.74, 6) is 0.736. The summed E-state index contributed by atoms with van der Waals surface area (Å²) in [6.45, 7) is 1.90. The normalized spacial score (nSPS) is 18.6. The summed E-state index contributed by atoms with van der Waals surface area (Å²) < 4.78 is 29.6. The standard InChI is InChI=1S/C17H25ClF2N4O/c1-3-21-17(23-11-14-5-4-8-24(14)2)22-10-12-9-13(18)6-7-15(12)25-16(19)20/h6-7,9,14,16H,3-5,8,10-11H2,1-2H3,(H2,21,22,23). The summed E-state index contributed by atoms with van der Waals surface area (Å²) in [5.41, 5.74) is 0.517. The molecule has 0 radical (unpaired) electrons. The second-order valence-corrected chi connectivity index (χ2v) is 6.42. The third-order valence-electron chi connectivity index (χ3n) is 4.17. The van der Waals surface area contributed by atoms with Gasteiger partial charge in [-0.15, -0.1) is 0 Å². The Morgan fingerprint density at radius 2 is 2.24 bits per heavy atom. The highest BCUT2D eigenvalue weighted by Crippen LogP contribution is 2.25. The highest BCUT2D eigenvalue weighted by molar-refractivity contribution is 6.30.